The van der Waals surface area contributed by atoms with Gasteiger partial charge in [0.15, 0.2) is 5.78 Å². The van der Waals surface area contributed by atoms with E-state index < -0.39 is 0 Å². The minimum atomic E-state index is 0. The van der Waals surface area contributed by atoms with Crippen LogP contribution in [0.25, 0.3) is 0 Å². The topological polar surface area (TPSA) is 32.3 Å². The van der Waals surface area contributed by atoms with Crippen LogP contribution in [-0.2, 0) is 0 Å². The zero-order chi connectivity index (χ0) is 13.5. The number of nitrogens with one attached hydrogen (secondary N) is 1. The third-order valence-electron chi connectivity index (χ3n) is 5.23. The molecule has 1 aromatic carbocycles. The fourth-order valence-electron chi connectivity index (χ4n) is 4.18. The lowest BCUT2D eigenvalue weighted by molar-refractivity contribution is 0.0968. The molecule has 3 aliphatic rings. The minimum Gasteiger partial charge on any atom is -0.370 e. The number of nitrogens with zero attached hydrogens (tertiary/aromatic N) is 1. The molecule has 0 aromatic heterocycles. The van der Waals surface area contributed by atoms with Crippen LogP contribution in [0.1, 0.15) is 47.5 Å². The summed E-state index contributed by atoms with van der Waals surface area (Å²) in [6.45, 7) is 4.62. The van der Waals surface area contributed by atoms with Crippen molar-refractivity contribution >= 4 is 23.9 Å². The van der Waals surface area contributed by atoms with Crippen molar-refractivity contribution in [3.8, 4) is 0 Å². The number of carbonyl (C=O) groups is 1. The van der Waals surface area contributed by atoms with E-state index in [9.17, 15) is 4.79 Å². The van der Waals surface area contributed by atoms with E-state index in [4.69, 9.17) is 0 Å². The Kier molecular flexibility index (Phi) is 4.23. The first kappa shape index (κ1) is 14.9. The zero-order valence-electron chi connectivity index (χ0n) is 12.3. The summed E-state index contributed by atoms with van der Waals surface area (Å²) in [6.07, 6.45) is 4.36. The molecule has 21 heavy (non-hydrogen) atoms. The molecule has 2 aliphatic heterocycles. The van der Waals surface area contributed by atoms with Gasteiger partial charge in [-0.15, -0.1) is 12.4 Å². The van der Waals surface area contributed by atoms with Crippen molar-refractivity contribution in [3.63, 3.8) is 0 Å². The number of hydrogen-bond acceptors (Lipinski definition) is 3. The predicted molar refractivity (Wildman–Crippen MR) is 87.8 cm³/mol. The Labute approximate surface area is 132 Å². The SMILES string of the molecule is Cl.O=C1CCC2CN(CC3CCNCC3)c3cccc1c32. The summed E-state index contributed by atoms with van der Waals surface area (Å²) >= 11 is 0. The number of piperidine rings is 1. The van der Waals surface area contributed by atoms with Crippen LogP contribution in [0.2, 0.25) is 0 Å². The maximum absolute atomic E-state index is 12.1. The molecule has 1 fully saturated rings. The van der Waals surface area contributed by atoms with Gasteiger partial charge in [0.05, 0.1) is 0 Å². The molecule has 114 valence electrons. The fraction of sp³-hybridized carbons (Fsp3) is 0.588. The van der Waals surface area contributed by atoms with Gasteiger partial charge < -0.3 is 10.2 Å². The third-order valence-corrected chi connectivity index (χ3v) is 5.23. The van der Waals surface area contributed by atoms with Gasteiger partial charge in [0, 0.05) is 36.7 Å². The van der Waals surface area contributed by atoms with E-state index in [0.29, 0.717) is 11.7 Å². The number of hydrogen-bond donors (Lipinski definition) is 1. The standard InChI is InChI=1S/C17H22N2O.ClH/c20-16-5-4-13-11-19(10-12-6-8-18-9-7-12)15-3-1-2-14(16)17(13)15;/h1-3,12-13,18H,4-11H2;1H. The Morgan fingerprint density at radius 1 is 1.19 bits per heavy atom. The Hall–Kier alpha value is -1.06. The average Bonchev–Trinajstić information content (AvgIpc) is 2.84. The highest BCUT2D eigenvalue weighted by Crippen LogP contribution is 2.44. The summed E-state index contributed by atoms with van der Waals surface area (Å²) < 4.78 is 0. The lowest BCUT2D eigenvalue weighted by Crippen LogP contribution is -2.35. The molecule has 2 heterocycles. The summed E-state index contributed by atoms with van der Waals surface area (Å²) in [5.74, 6) is 1.75. The molecule has 1 unspecified atom stereocenters. The molecule has 1 saturated heterocycles. The highest BCUT2D eigenvalue weighted by atomic mass is 35.5. The van der Waals surface area contributed by atoms with Crippen LogP contribution < -0.4 is 10.2 Å². The quantitative estimate of drug-likeness (QED) is 0.911. The van der Waals surface area contributed by atoms with Gasteiger partial charge in [0.2, 0.25) is 0 Å². The number of carbonyl (C=O) groups excluding carboxylic acids is 1. The van der Waals surface area contributed by atoms with Crippen LogP contribution in [0.3, 0.4) is 0 Å². The van der Waals surface area contributed by atoms with E-state index in [2.05, 4.69) is 22.3 Å². The molecule has 0 spiro atoms. The summed E-state index contributed by atoms with van der Waals surface area (Å²) in [6, 6.07) is 6.31. The lowest BCUT2D eigenvalue weighted by Gasteiger charge is -2.29. The molecule has 4 heteroatoms. The van der Waals surface area contributed by atoms with E-state index in [1.807, 2.05) is 6.07 Å². The highest BCUT2D eigenvalue weighted by Gasteiger charge is 2.36. The smallest absolute Gasteiger partial charge is 0.163 e. The lowest BCUT2D eigenvalue weighted by atomic mass is 9.83. The van der Waals surface area contributed by atoms with Crippen molar-refractivity contribution in [1.82, 2.24) is 5.32 Å². The molecule has 1 aliphatic carbocycles. The molecule has 4 rings (SSSR count). The number of Topliss-reactive ketones (excluding diaryl/α,β-unsaturated/α-hetero) is 1. The Morgan fingerprint density at radius 3 is 2.81 bits per heavy atom. The predicted octanol–water partition coefficient (Wildman–Crippen LogP) is 2.99. The molecule has 0 amide bonds. The second kappa shape index (κ2) is 5.98. The van der Waals surface area contributed by atoms with Crippen LogP contribution in [0.4, 0.5) is 5.69 Å². The van der Waals surface area contributed by atoms with Crippen LogP contribution in [-0.4, -0.2) is 32.0 Å². The number of halogens is 1. The van der Waals surface area contributed by atoms with Gasteiger partial charge in [0.1, 0.15) is 0 Å². The normalized spacial score (nSPS) is 24.7. The summed E-state index contributed by atoms with van der Waals surface area (Å²) in [4.78, 5) is 14.6. The van der Waals surface area contributed by atoms with Crippen LogP contribution in [0.15, 0.2) is 18.2 Å². The molecular weight excluding hydrogens is 284 g/mol. The van der Waals surface area contributed by atoms with Crippen molar-refractivity contribution in [2.75, 3.05) is 31.1 Å². The fourth-order valence-corrected chi connectivity index (χ4v) is 4.18. The van der Waals surface area contributed by atoms with Crippen molar-refractivity contribution in [3.05, 3.63) is 29.3 Å². The van der Waals surface area contributed by atoms with E-state index in [0.717, 1.165) is 44.0 Å². The maximum atomic E-state index is 12.1. The van der Waals surface area contributed by atoms with Gasteiger partial charge in [0.25, 0.3) is 0 Å². The second-order valence-corrected chi connectivity index (χ2v) is 6.50. The van der Waals surface area contributed by atoms with Crippen LogP contribution >= 0.6 is 12.4 Å². The zero-order valence-corrected chi connectivity index (χ0v) is 13.1. The first-order valence-electron chi connectivity index (χ1n) is 7.94. The van der Waals surface area contributed by atoms with Crippen molar-refractivity contribution in [2.45, 2.75) is 31.6 Å². The average molecular weight is 307 g/mol. The van der Waals surface area contributed by atoms with Gasteiger partial charge in [-0.25, -0.2) is 0 Å². The maximum Gasteiger partial charge on any atom is 0.163 e. The molecule has 1 atom stereocenters. The van der Waals surface area contributed by atoms with Crippen LogP contribution in [0, 0.1) is 5.92 Å². The van der Waals surface area contributed by atoms with E-state index in [1.165, 1.54) is 30.6 Å². The first-order valence-corrected chi connectivity index (χ1v) is 7.94. The van der Waals surface area contributed by atoms with E-state index >= 15 is 0 Å². The van der Waals surface area contributed by atoms with Crippen molar-refractivity contribution < 1.29 is 4.79 Å². The van der Waals surface area contributed by atoms with Crippen molar-refractivity contribution in [1.29, 1.82) is 0 Å². The molecule has 0 radical (unpaired) electrons. The van der Waals surface area contributed by atoms with E-state index in [-0.39, 0.29) is 12.4 Å². The summed E-state index contributed by atoms with van der Waals surface area (Å²) in [5.41, 5.74) is 3.71. The Bertz CT molecular complexity index is 540. The van der Waals surface area contributed by atoms with Gasteiger partial charge in [-0.05, 0) is 49.9 Å². The molecule has 1 aromatic rings. The molecule has 3 nitrogen and oxygen atoms in total. The molecule has 0 bridgehead atoms. The third kappa shape index (κ3) is 2.58. The van der Waals surface area contributed by atoms with Gasteiger partial charge in [-0.3, -0.25) is 4.79 Å². The van der Waals surface area contributed by atoms with Crippen LogP contribution in [0.5, 0.6) is 0 Å². The Morgan fingerprint density at radius 2 is 2.00 bits per heavy atom. The van der Waals surface area contributed by atoms with Gasteiger partial charge in [-0.2, -0.15) is 0 Å². The molecule has 0 saturated carbocycles. The van der Waals surface area contributed by atoms with Gasteiger partial charge >= 0.3 is 0 Å². The number of anilines is 1. The largest absolute Gasteiger partial charge is 0.370 e. The van der Waals surface area contributed by atoms with Gasteiger partial charge in [-0.1, -0.05) is 12.1 Å². The second-order valence-electron chi connectivity index (χ2n) is 6.50. The van der Waals surface area contributed by atoms with Crippen molar-refractivity contribution in [2.24, 2.45) is 5.92 Å². The number of benzene rings is 1. The van der Waals surface area contributed by atoms with E-state index in [1.54, 1.807) is 0 Å². The number of ketones is 1. The first-order chi connectivity index (χ1) is 9.83. The Balaban J connectivity index is 0.00000132. The summed E-state index contributed by atoms with van der Waals surface area (Å²) in [7, 11) is 0. The summed E-state index contributed by atoms with van der Waals surface area (Å²) in [5, 5.41) is 3.44. The molecule has 1 N–H and O–H groups in total. The number of rotatable bonds is 2. The minimum absolute atomic E-state index is 0. The highest BCUT2D eigenvalue weighted by molar-refractivity contribution is 6.01. The molecular formula is C17H23ClN2O. The monoisotopic (exact) mass is 306 g/mol.